The number of hydrogen-bond donors (Lipinski definition) is 2. The number of anilines is 1. The van der Waals surface area contributed by atoms with Crippen LogP contribution in [0.2, 0.25) is 0 Å². The second kappa shape index (κ2) is 10.7. The smallest absolute Gasteiger partial charge is 0.340 e. The number of esters is 1. The highest BCUT2D eigenvalue weighted by Crippen LogP contribution is 2.23. The third-order valence-corrected chi connectivity index (χ3v) is 4.93. The van der Waals surface area contributed by atoms with Crippen LogP contribution in [0, 0.1) is 6.92 Å². The molecule has 0 aliphatic rings. The first-order valence-corrected chi connectivity index (χ1v) is 10.3. The van der Waals surface area contributed by atoms with Crippen molar-refractivity contribution in [2.45, 2.75) is 44.7 Å². The van der Waals surface area contributed by atoms with E-state index in [0.717, 1.165) is 5.56 Å². The summed E-state index contributed by atoms with van der Waals surface area (Å²) in [6.07, 6.45) is -0.967. The molecule has 0 bridgehead atoms. The predicted octanol–water partition coefficient (Wildman–Crippen LogP) is 3.80. The summed E-state index contributed by atoms with van der Waals surface area (Å²) in [4.78, 5) is 37.4. The molecule has 2 aromatic carbocycles. The highest BCUT2D eigenvalue weighted by atomic mass is 32.2. The Hall–Kier alpha value is -2.80. The van der Waals surface area contributed by atoms with E-state index >= 15 is 0 Å². The van der Waals surface area contributed by atoms with E-state index < -0.39 is 18.0 Å². The number of thioether (sulfide) groups is 1. The van der Waals surface area contributed by atoms with Gasteiger partial charge in [-0.3, -0.25) is 9.59 Å². The van der Waals surface area contributed by atoms with Crippen LogP contribution in [0.1, 0.15) is 36.7 Å². The van der Waals surface area contributed by atoms with E-state index in [9.17, 15) is 14.4 Å². The molecule has 7 heteroatoms. The molecule has 2 N–H and O–H groups in total. The van der Waals surface area contributed by atoms with Crippen molar-refractivity contribution in [1.29, 1.82) is 0 Å². The van der Waals surface area contributed by atoms with Gasteiger partial charge in [0.15, 0.2) is 6.10 Å². The summed E-state index contributed by atoms with van der Waals surface area (Å²) < 4.78 is 5.35. The lowest BCUT2D eigenvalue weighted by Gasteiger charge is -2.15. The molecule has 29 heavy (non-hydrogen) atoms. The second-order valence-electron chi connectivity index (χ2n) is 6.91. The van der Waals surface area contributed by atoms with Crippen LogP contribution < -0.4 is 10.6 Å². The standard InChI is InChI=1S/C22H26N2O4S/c1-14(2)23-20(25)13-29-19-11-6-5-10-18(19)22(27)28-16(4)21(26)24-17-9-7-8-15(3)12-17/h5-12,14,16H,13H2,1-4H3,(H,23,25)(H,24,26)/t16-/m0/s1. The Morgan fingerprint density at radius 2 is 1.76 bits per heavy atom. The lowest BCUT2D eigenvalue weighted by Crippen LogP contribution is -2.31. The molecular formula is C22H26N2O4S. The van der Waals surface area contributed by atoms with Crippen molar-refractivity contribution in [2.24, 2.45) is 0 Å². The van der Waals surface area contributed by atoms with Gasteiger partial charge in [-0.1, -0.05) is 24.3 Å². The van der Waals surface area contributed by atoms with E-state index in [1.165, 1.54) is 18.7 Å². The molecule has 0 saturated heterocycles. The van der Waals surface area contributed by atoms with Gasteiger partial charge in [-0.15, -0.1) is 11.8 Å². The van der Waals surface area contributed by atoms with Gasteiger partial charge in [0.05, 0.1) is 11.3 Å². The molecule has 154 valence electrons. The van der Waals surface area contributed by atoms with Crippen LogP contribution in [-0.4, -0.2) is 35.7 Å². The van der Waals surface area contributed by atoms with Crippen LogP contribution in [0.15, 0.2) is 53.4 Å². The average Bonchev–Trinajstić information content (AvgIpc) is 2.66. The highest BCUT2D eigenvalue weighted by molar-refractivity contribution is 8.00. The van der Waals surface area contributed by atoms with E-state index in [2.05, 4.69) is 10.6 Å². The van der Waals surface area contributed by atoms with E-state index in [1.54, 1.807) is 30.3 Å². The minimum atomic E-state index is -0.967. The van der Waals surface area contributed by atoms with Gasteiger partial charge in [0.2, 0.25) is 5.91 Å². The van der Waals surface area contributed by atoms with Crippen LogP contribution in [0.25, 0.3) is 0 Å². The summed E-state index contributed by atoms with van der Waals surface area (Å²) in [5.74, 6) is -0.944. The number of rotatable bonds is 8. The number of carbonyl (C=O) groups is 3. The van der Waals surface area contributed by atoms with Crippen LogP contribution in [-0.2, 0) is 14.3 Å². The zero-order valence-electron chi connectivity index (χ0n) is 17.0. The van der Waals surface area contributed by atoms with Gasteiger partial charge in [0.25, 0.3) is 5.91 Å². The number of carbonyl (C=O) groups excluding carboxylic acids is 3. The van der Waals surface area contributed by atoms with Crippen LogP contribution in [0.4, 0.5) is 5.69 Å². The van der Waals surface area contributed by atoms with Crippen molar-refractivity contribution in [3.8, 4) is 0 Å². The molecular weight excluding hydrogens is 388 g/mol. The quantitative estimate of drug-likeness (QED) is 0.507. The Kier molecular flexibility index (Phi) is 8.27. The summed E-state index contributed by atoms with van der Waals surface area (Å²) in [5, 5.41) is 5.54. The second-order valence-corrected chi connectivity index (χ2v) is 7.93. The molecule has 0 heterocycles. The molecule has 2 amide bonds. The fourth-order valence-corrected chi connectivity index (χ4v) is 3.36. The predicted molar refractivity (Wildman–Crippen MR) is 115 cm³/mol. The monoisotopic (exact) mass is 414 g/mol. The summed E-state index contributed by atoms with van der Waals surface area (Å²) in [6, 6.07) is 14.3. The summed E-state index contributed by atoms with van der Waals surface area (Å²) in [5.41, 5.74) is 1.98. The lowest BCUT2D eigenvalue weighted by atomic mass is 10.2. The van der Waals surface area contributed by atoms with E-state index in [0.29, 0.717) is 16.1 Å². The maximum absolute atomic E-state index is 12.6. The van der Waals surface area contributed by atoms with Gasteiger partial charge in [-0.05, 0) is 57.5 Å². The van der Waals surface area contributed by atoms with Crippen molar-refractivity contribution >= 4 is 35.2 Å². The van der Waals surface area contributed by atoms with Crippen LogP contribution >= 0.6 is 11.8 Å². The van der Waals surface area contributed by atoms with Gasteiger partial charge >= 0.3 is 5.97 Å². The SMILES string of the molecule is Cc1cccc(NC(=O)[C@H](C)OC(=O)c2ccccc2SCC(=O)NC(C)C)c1. The largest absolute Gasteiger partial charge is 0.449 e. The minimum Gasteiger partial charge on any atom is -0.449 e. The zero-order chi connectivity index (χ0) is 21.4. The summed E-state index contributed by atoms with van der Waals surface area (Å²) >= 11 is 1.25. The van der Waals surface area contributed by atoms with Crippen molar-refractivity contribution in [1.82, 2.24) is 5.32 Å². The third kappa shape index (κ3) is 7.27. The van der Waals surface area contributed by atoms with Crippen molar-refractivity contribution in [3.63, 3.8) is 0 Å². The molecule has 1 atom stereocenters. The number of ether oxygens (including phenoxy) is 1. The van der Waals surface area contributed by atoms with Gasteiger partial charge < -0.3 is 15.4 Å². The van der Waals surface area contributed by atoms with Crippen LogP contribution in [0.3, 0.4) is 0 Å². The normalized spacial score (nSPS) is 11.6. The first-order valence-electron chi connectivity index (χ1n) is 9.36. The Bertz CT molecular complexity index is 883. The first-order chi connectivity index (χ1) is 13.8. The maximum atomic E-state index is 12.6. The molecule has 0 saturated carbocycles. The van der Waals surface area contributed by atoms with Gasteiger partial charge in [0.1, 0.15) is 0 Å². The molecule has 0 aliphatic carbocycles. The summed E-state index contributed by atoms with van der Waals surface area (Å²) in [7, 11) is 0. The molecule has 0 spiro atoms. The van der Waals surface area contributed by atoms with Crippen molar-refractivity contribution in [2.75, 3.05) is 11.1 Å². The number of aryl methyl sites for hydroxylation is 1. The minimum absolute atomic E-state index is 0.0519. The first kappa shape index (κ1) is 22.5. The lowest BCUT2D eigenvalue weighted by molar-refractivity contribution is -0.123. The fraction of sp³-hybridized carbons (Fsp3) is 0.318. The number of hydrogen-bond acceptors (Lipinski definition) is 5. The number of nitrogens with one attached hydrogen (secondary N) is 2. The highest BCUT2D eigenvalue weighted by Gasteiger charge is 2.21. The number of amides is 2. The zero-order valence-corrected chi connectivity index (χ0v) is 17.8. The molecule has 0 unspecified atom stereocenters. The Morgan fingerprint density at radius 1 is 1.03 bits per heavy atom. The average molecular weight is 415 g/mol. The Labute approximate surface area is 175 Å². The van der Waals surface area contributed by atoms with Gasteiger partial charge in [-0.2, -0.15) is 0 Å². The van der Waals surface area contributed by atoms with E-state index in [-0.39, 0.29) is 17.7 Å². The van der Waals surface area contributed by atoms with E-state index in [4.69, 9.17) is 4.74 Å². The molecule has 2 aromatic rings. The molecule has 0 aliphatic heterocycles. The van der Waals surface area contributed by atoms with Gasteiger partial charge in [-0.25, -0.2) is 4.79 Å². The molecule has 2 rings (SSSR count). The number of benzene rings is 2. The summed E-state index contributed by atoms with van der Waals surface area (Å²) in [6.45, 7) is 7.22. The van der Waals surface area contributed by atoms with Gasteiger partial charge in [0, 0.05) is 16.6 Å². The third-order valence-electron chi connectivity index (χ3n) is 3.85. The van der Waals surface area contributed by atoms with Crippen molar-refractivity contribution < 1.29 is 19.1 Å². The Balaban J connectivity index is 1.99. The Morgan fingerprint density at radius 3 is 2.45 bits per heavy atom. The molecule has 0 fully saturated rings. The fourth-order valence-electron chi connectivity index (χ4n) is 2.51. The maximum Gasteiger partial charge on any atom is 0.340 e. The van der Waals surface area contributed by atoms with E-state index in [1.807, 2.05) is 39.0 Å². The molecule has 0 radical (unpaired) electrons. The molecule has 6 nitrogen and oxygen atoms in total. The topological polar surface area (TPSA) is 84.5 Å². The molecule has 0 aromatic heterocycles. The van der Waals surface area contributed by atoms with Crippen molar-refractivity contribution in [3.05, 3.63) is 59.7 Å². The van der Waals surface area contributed by atoms with Crippen LogP contribution in [0.5, 0.6) is 0 Å².